The molecule has 0 aliphatic carbocycles. The number of ether oxygens (including phenoxy) is 2. The number of esters is 2. The molecule has 1 aliphatic heterocycles. The number of carbonyl (C=O) groups is 3. The lowest BCUT2D eigenvalue weighted by molar-refractivity contribution is -0.139. The number of carbonyl (C=O) groups excluding carboxylic acids is 3. The summed E-state index contributed by atoms with van der Waals surface area (Å²) in [5.41, 5.74) is 3.45. The van der Waals surface area contributed by atoms with Crippen molar-refractivity contribution in [2.24, 2.45) is 0 Å². The quantitative estimate of drug-likeness (QED) is 0.712. The third-order valence-corrected chi connectivity index (χ3v) is 4.88. The van der Waals surface area contributed by atoms with Crippen LogP contribution in [0.15, 0.2) is 47.7 Å². The second-order valence-electron chi connectivity index (χ2n) is 6.96. The monoisotopic (exact) mass is 411 g/mol. The lowest BCUT2D eigenvalue weighted by Gasteiger charge is -2.26. The Balaban J connectivity index is 1.83. The largest absolute Gasteiger partial charge is 0.463 e. The van der Waals surface area contributed by atoms with Gasteiger partial charge in [-0.1, -0.05) is 18.2 Å². The normalized spacial score (nSPS) is 16.0. The van der Waals surface area contributed by atoms with Crippen LogP contribution in [0.3, 0.4) is 0 Å². The van der Waals surface area contributed by atoms with E-state index >= 15 is 0 Å². The van der Waals surface area contributed by atoms with Gasteiger partial charge >= 0.3 is 18.0 Å². The molecule has 2 amide bonds. The van der Waals surface area contributed by atoms with Crippen LogP contribution in [-0.4, -0.2) is 41.8 Å². The van der Waals surface area contributed by atoms with Crippen LogP contribution in [0.1, 0.15) is 35.6 Å². The maximum atomic E-state index is 12.8. The van der Waals surface area contributed by atoms with Gasteiger partial charge in [-0.05, 0) is 45.9 Å². The predicted molar refractivity (Wildman–Crippen MR) is 110 cm³/mol. The Hall–Kier alpha value is -3.55. The van der Waals surface area contributed by atoms with Gasteiger partial charge in [-0.15, -0.1) is 0 Å². The summed E-state index contributed by atoms with van der Waals surface area (Å²) < 4.78 is 12.5. The fraction of sp³-hybridized carbons (Fsp3) is 0.318. The molecule has 0 radical (unpaired) electrons. The van der Waals surface area contributed by atoms with E-state index in [1.54, 1.807) is 19.9 Å². The Morgan fingerprint density at radius 2 is 1.80 bits per heavy atom. The maximum absolute atomic E-state index is 12.8. The molecule has 0 fully saturated rings. The van der Waals surface area contributed by atoms with Crippen LogP contribution in [0.2, 0.25) is 0 Å². The Morgan fingerprint density at radius 1 is 1.10 bits per heavy atom. The minimum atomic E-state index is -0.564. The molecular weight excluding hydrogens is 386 g/mol. The molecule has 3 rings (SSSR count). The standard InChI is InChI=1S/C22H25N3O5/c1-5-29-21(27)19-14(3)23-22(28)24-18(19)12-30-20(26)17-11-13(2)25(15(17)4)16-9-7-6-8-10-16/h6-11,14H,5,12H2,1-4H3,(H2,23,24,28)/t14-/m0/s1. The molecule has 8 nitrogen and oxygen atoms in total. The Kier molecular flexibility index (Phi) is 6.25. The van der Waals surface area contributed by atoms with Crippen molar-refractivity contribution in [2.75, 3.05) is 13.2 Å². The fourth-order valence-electron chi connectivity index (χ4n) is 3.55. The second-order valence-corrected chi connectivity index (χ2v) is 6.96. The summed E-state index contributed by atoms with van der Waals surface area (Å²) >= 11 is 0. The molecule has 0 bridgehead atoms. The van der Waals surface area contributed by atoms with E-state index in [1.165, 1.54) is 0 Å². The second kappa shape index (κ2) is 8.86. The molecule has 0 spiro atoms. The van der Waals surface area contributed by atoms with Crippen LogP contribution in [0.5, 0.6) is 0 Å². The third kappa shape index (κ3) is 4.22. The average Bonchev–Trinajstić information content (AvgIpc) is 3.00. The van der Waals surface area contributed by atoms with E-state index in [-0.39, 0.29) is 24.5 Å². The number of aromatic nitrogens is 1. The first-order valence-corrected chi connectivity index (χ1v) is 9.72. The lowest BCUT2D eigenvalue weighted by atomic mass is 10.0. The molecule has 0 saturated heterocycles. The van der Waals surface area contributed by atoms with Crippen molar-refractivity contribution in [1.82, 2.24) is 15.2 Å². The van der Waals surface area contributed by atoms with Gasteiger partial charge in [0.2, 0.25) is 0 Å². The lowest BCUT2D eigenvalue weighted by Crippen LogP contribution is -2.50. The molecule has 2 aromatic rings. The van der Waals surface area contributed by atoms with Crippen LogP contribution < -0.4 is 10.6 Å². The third-order valence-electron chi connectivity index (χ3n) is 4.88. The van der Waals surface area contributed by atoms with Crippen molar-refractivity contribution >= 4 is 18.0 Å². The number of urea groups is 1. The highest BCUT2D eigenvalue weighted by Gasteiger charge is 2.30. The predicted octanol–water partition coefficient (Wildman–Crippen LogP) is 2.77. The van der Waals surface area contributed by atoms with Gasteiger partial charge in [0.25, 0.3) is 0 Å². The Labute approximate surface area is 174 Å². The molecule has 2 N–H and O–H groups in total. The number of hydrogen-bond acceptors (Lipinski definition) is 5. The molecule has 1 aliphatic rings. The summed E-state index contributed by atoms with van der Waals surface area (Å²) in [7, 11) is 0. The number of hydrogen-bond donors (Lipinski definition) is 2. The summed E-state index contributed by atoms with van der Waals surface area (Å²) in [4.78, 5) is 36.9. The van der Waals surface area contributed by atoms with Gasteiger partial charge in [-0.2, -0.15) is 0 Å². The molecule has 1 aromatic heterocycles. The van der Waals surface area contributed by atoms with Crippen LogP contribution >= 0.6 is 0 Å². The van der Waals surface area contributed by atoms with Crippen LogP contribution in [0.4, 0.5) is 4.79 Å². The van der Waals surface area contributed by atoms with Crippen LogP contribution in [-0.2, 0) is 14.3 Å². The van der Waals surface area contributed by atoms with Gasteiger partial charge < -0.3 is 24.7 Å². The average molecular weight is 411 g/mol. The SMILES string of the molecule is CCOC(=O)C1=C(COC(=O)c2cc(C)n(-c3ccccc3)c2C)NC(=O)N[C@H]1C. The van der Waals surface area contributed by atoms with Crippen LogP contribution in [0.25, 0.3) is 5.69 Å². The molecule has 2 heterocycles. The van der Waals surface area contributed by atoms with E-state index < -0.39 is 24.0 Å². The zero-order valence-electron chi connectivity index (χ0n) is 17.4. The van der Waals surface area contributed by atoms with Gasteiger partial charge in [0.1, 0.15) is 6.61 Å². The van der Waals surface area contributed by atoms with Gasteiger partial charge in [0, 0.05) is 17.1 Å². The topological polar surface area (TPSA) is 98.7 Å². The highest BCUT2D eigenvalue weighted by atomic mass is 16.5. The molecule has 8 heteroatoms. The van der Waals surface area contributed by atoms with Gasteiger partial charge in [0.15, 0.2) is 0 Å². The number of nitrogens with zero attached hydrogens (tertiary/aromatic N) is 1. The van der Waals surface area contributed by atoms with E-state index in [0.717, 1.165) is 17.1 Å². The van der Waals surface area contributed by atoms with Gasteiger partial charge in [-0.3, -0.25) is 0 Å². The molecule has 1 aromatic carbocycles. The van der Waals surface area contributed by atoms with Crippen molar-refractivity contribution in [3.63, 3.8) is 0 Å². The van der Waals surface area contributed by atoms with E-state index in [4.69, 9.17) is 9.47 Å². The number of aryl methyl sites for hydroxylation is 1. The van der Waals surface area contributed by atoms with Crippen LogP contribution in [0, 0.1) is 13.8 Å². The van der Waals surface area contributed by atoms with Crippen molar-refractivity contribution in [3.05, 3.63) is 64.6 Å². The first kappa shape index (κ1) is 21.2. The van der Waals surface area contributed by atoms with E-state index in [0.29, 0.717) is 5.56 Å². The summed E-state index contributed by atoms with van der Waals surface area (Å²) in [5.74, 6) is -1.10. The minimum absolute atomic E-state index is 0.196. The number of nitrogens with one attached hydrogen (secondary N) is 2. The molecular formula is C22H25N3O5. The Morgan fingerprint density at radius 3 is 2.47 bits per heavy atom. The first-order chi connectivity index (χ1) is 14.3. The smallest absolute Gasteiger partial charge is 0.340 e. The fourth-order valence-corrected chi connectivity index (χ4v) is 3.55. The van der Waals surface area contributed by atoms with E-state index in [2.05, 4.69) is 10.6 Å². The molecule has 158 valence electrons. The number of rotatable bonds is 6. The zero-order chi connectivity index (χ0) is 21.8. The number of amides is 2. The highest BCUT2D eigenvalue weighted by molar-refractivity contribution is 5.95. The summed E-state index contributed by atoms with van der Waals surface area (Å²) in [6.07, 6.45) is 0. The van der Waals surface area contributed by atoms with Crippen molar-refractivity contribution in [1.29, 1.82) is 0 Å². The van der Waals surface area contributed by atoms with Crippen molar-refractivity contribution in [3.8, 4) is 5.69 Å². The summed E-state index contributed by atoms with van der Waals surface area (Å²) in [6, 6.07) is 10.4. The Bertz CT molecular complexity index is 1010. The van der Waals surface area contributed by atoms with Gasteiger partial charge in [-0.25, -0.2) is 14.4 Å². The van der Waals surface area contributed by atoms with Gasteiger partial charge in [0.05, 0.1) is 29.5 Å². The zero-order valence-corrected chi connectivity index (χ0v) is 17.4. The minimum Gasteiger partial charge on any atom is -0.463 e. The molecule has 30 heavy (non-hydrogen) atoms. The number of benzene rings is 1. The molecule has 0 unspecified atom stereocenters. The highest BCUT2D eigenvalue weighted by Crippen LogP contribution is 2.22. The van der Waals surface area contributed by atoms with Crippen molar-refractivity contribution in [2.45, 2.75) is 33.7 Å². The van der Waals surface area contributed by atoms with E-state index in [1.807, 2.05) is 48.7 Å². The van der Waals surface area contributed by atoms with Crippen molar-refractivity contribution < 1.29 is 23.9 Å². The van der Waals surface area contributed by atoms with E-state index in [9.17, 15) is 14.4 Å². The summed E-state index contributed by atoms with van der Waals surface area (Å²) in [5, 5.41) is 5.15. The first-order valence-electron chi connectivity index (χ1n) is 9.72. The maximum Gasteiger partial charge on any atom is 0.340 e. The summed E-state index contributed by atoms with van der Waals surface area (Å²) in [6.45, 7) is 7.06. The molecule has 0 saturated carbocycles. The molecule has 1 atom stereocenters. The number of para-hydroxylation sites is 1.